The Morgan fingerprint density at radius 2 is 1.58 bits per heavy atom. The van der Waals surface area contributed by atoms with Crippen LogP contribution in [-0.2, 0) is 11.6 Å². The molecule has 3 aromatic rings. The van der Waals surface area contributed by atoms with Crippen molar-refractivity contribution >= 4 is 5.65 Å². The summed E-state index contributed by atoms with van der Waals surface area (Å²) >= 11 is 0. The zero-order valence-electron chi connectivity index (χ0n) is 13.0. The molecule has 0 saturated heterocycles. The monoisotopic (exact) mass is 330 g/mol. The summed E-state index contributed by atoms with van der Waals surface area (Å²) in [6.45, 7) is 3.61. The first-order valence-corrected chi connectivity index (χ1v) is 7.16. The van der Waals surface area contributed by atoms with E-state index in [-0.39, 0.29) is 5.65 Å². The van der Waals surface area contributed by atoms with E-state index >= 15 is 0 Å². The SMILES string of the molecule is CC(C)(C#N)c1ccc(-c2ccc3nnc(C(F)(F)F)n3c2)cc1. The zero-order valence-corrected chi connectivity index (χ0v) is 13.0. The van der Waals surface area contributed by atoms with Crippen LogP contribution in [0.1, 0.15) is 25.2 Å². The molecule has 0 bridgehead atoms. The van der Waals surface area contributed by atoms with Gasteiger partial charge in [-0.15, -0.1) is 10.2 Å². The van der Waals surface area contributed by atoms with Gasteiger partial charge in [-0.05, 0) is 42.7 Å². The van der Waals surface area contributed by atoms with Crippen molar-refractivity contribution in [3.05, 3.63) is 54.0 Å². The fraction of sp³-hybridized carbons (Fsp3) is 0.235. The molecular formula is C17H13F3N4. The maximum Gasteiger partial charge on any atom is 0.452 e. The van der Waals surface area contributed by atoms with Gasteiger partial charge >= 0.3 is 6.18 Å². The number of pyridine rings is 1. The quantitative estimate of drug-likeness (QED) is 0.707. The first kappa shape index (κ1) is 16.0. The molecule has 0 unspecified atom stereocenters. The van der Waals surface area contributed by atoms with Crippen molar-refractivity contribution in [2.75, 3.05) is 0 Å². The van der Waals surface area contributed by atoms with E-state index in [2.05, 4.69) is 16.3 Å². The van der Waals surface area contributed by atoms with Crippen molar-refractivity contribution in [2.24, 2.45) is 0 Å². The Hall–Kier alpha value is -2.88. The number of aromatic nitrogens is 3. The molecule has 1 aromatic carbocycles. The number of fused-ring (bicyclic) bond motifs is 1. The van der Waals surface area contributed by atoms with E-state index in [0.29, 0.717) is 5.56 Å². The third-order valence-electron chi connectivity index (χ3n) is 3.88. The van der Waals surface area contributed by atoms with Crippen molar-refractivity contribution in [1.29, 1.82) is 5.26 Å². The summed E-state index contributed by atoms with van der Waals surface area (Å²) < 4.78 is 39.8. The molecule has 2 heterocycles. The second kappa shape index (κ2) is 5.34. The molecule has 0 aliphatic carbocycles. The number of benzene rings is 1. The molecule has 0 fully saturated rings. The third kappa shape index (κ3) is 2.71. The van der Waals surface area contributed by atoms with Crippen molar-refractivity contribution in [1.82, 2.24) is 14.6 Å². The molecule has 0 amide bonds. The average Bonchev–Trinajstić information content (AvgIpc) is 2.98. The Morgan fingerprint density at radius 1 is 0.958 bits per heavy atom. The fourth-order valence-corrected chi connectivity index (χ4v) is 2.40. The van der Waals surface area contributed by atoms with Crippen LogP contribution in [0.15, 0.2) is 42.6 Å². The highest BCUT2D eigenvalue weighted by molar-refractivity contribution is 5.65. The lowest BCUT2D eigenvalue weighted by molar-refractivity contribution is -0.145. The Bertz CT molecular complexity index is 931. The van der Waals surface area contributed by atoms with Gasteiger partial charge in [0.15, 0.2) is 5.65 Å². The lowest BCUT2D eigenvalue weighted by atomic mass is 9.85. The summed E-state index contributed by atoms with van der Waals surface area (Å²) in [6, 6.07) is 12.6. The van der Waals surface area contributed by atoms with Gasteiger partial charge < -0.3 is 0 Å². The van der Waals surface area contributed by atoms with E-state index in [1.807, 2.05) is 0 Å². The van der Waals surface area contributed by atoms with E-state index in [1.165, 1.54) is 12.3 Å². The molecule has 0 N–H and O–H groups in total. The van der Waals surface area contributed by atoms with Crippen molar-refractivity contribution < 1.29 is 13.2 Å². The van der Waals surface area contributed by atoms with E-state index in [4.69, 9.17) is 5.26 Å². The van der Waals surface area contributed by atoms with Crippen molar-refractivity contribution in [3.63, 3.8) is 0 Å². The Labute approximate surface area is 136 Å². The van der Waals surface area contributed by atoms with Crippen LogP contribution in [0.25, 0.3) is 16.8 Å². The normalized spacial score (nSPS) is 12.3. The van der Waals surface area contributed by atoms with E-state index < -0.39 is 17.4 Å². The number of halogens is 3. The first-order chi connectivity index (χ1) is 11.2. The van der Waals surface area contributed by atoms with Crippen LogP contribution >= 0.6 is 0 Å². The van der Waals surface area contributed by atoms with Crippen LogP contribution in [0.4, 0.5) is 13.2 Å². The number of hydrogen-bond donors (Lipinski definition) is 0. The summed E-state index contributed by atoms with van der Waals surface area (Å²) in [5, 5.41) is 15.9. The highest BCUT2D eigenvalue weighted by atomic mass is 19.4. The number of alkyl halides is 3. The minimum Gasteiger partial charge on any atom is -0.278 e. The average molecular weight is 330 g/mol. The molecule has 0 spiro atoms. The highest BCUT2D eigenvalue weighted by Gasteiger charge is 2.36. The van der Waals surface area contributed by atoms with Crippen molar-refractivity contribution in [2.45, 2.75) is 25.4 Å². The second-order valence-electron chi connectivity index (χ2n) is 5.98. The molecule has 2 aromatic heterocycles. The van der Waals surface area contributed by atoms with E-state index in [1.54, 1.807) is 44.2 Å². The van der Waals surface area contributed by atoms with Crippen LogP contribution in [0.5, 0.6) is 0 Å². The second-order valence-corrected chi connectivity index (χ2v) is 5.98. The van der Waals surface area contributed by atoms with Gasteiger partial charge in [-0.3, -0.25) is 4.40 Å². The highest BCUT2D eigenvalue weighted by Crippen LogP contribution is 2.30. The molecule has 0 aliphatic heterocycles. The van der Waals surface area contributed by atoms with Gasteiger partial charge in [0, 0.05) is 6.20 Å². The smallest absolute Gasteiger partial charge is 0.278 e. The summed E-state index contributed by atoms with van der Waals surface area (Å²) in [6.07, 6.45) is -3.21. The standard InChI is InChI=1S/C17H13F3N4/c1-16(2,10-21)13-6-3-11(4-7-13)12-5-8-14-22-23-15(17(18,19)20)24(14)9-12/h3-9H,1-2H3. The first-order valence-electron chi connectivity index (χ1n) is 7.16. The van der Waals surface area contributed by atoms with Gasteiger partial charge in [0.05, 0.1) is 11.5 Å². The largest absolute Gasteiger partial charge is 0.452 e. The van der Waals surface area contributed by atoms with E-state index in [0.717, 1.165) is 15.5 Å². The fourth-order valence-electron chi connectivity index (χ4n) is 2.40. The minimum absolute atomic E-state index is 0.133. The number of rotatable bonds is 2. The number of nitrogens with zero attached hydrogens (tertiary/aromatic N) is 4. The van der Waals surface area contributed by atoms with Gasteiger partial charge in [-0.2, -0.15) is 18.4 Å². The van der Waals surface area contributed by atoms with Gasteiger partial charge in [0.25, 0.3) is 0 Å². The minimum atomic E-state index is -4.57. The van der Waals surface area contributed by atoms with Gasteiger partial charge in [0.2, 0.25) is 5.82 Å². The van der Waals surface area contributed by atoms with Crippen molar-refractivity contribution in [3.8, 4) is 17.2 Å². The number of nitriles is 1. The number of hydrogen-bond acceptors (Lipinski definition) is 3. The van der Waals surface area contributed by atoms with Crippen LogP contribution in [0.3, 0.4) is 0 Å². The maximum absolute atomic E-state index is 13.0. The molecule has 0 atom stereocenters. The molecule has 0 radical (unpaired) electrons. The molecular weight excluding hydrogens is 317 g/mol. The molecule has 24 heavy (non-hydrogen) atoms. The molecule has 0 saturated carbocycles. The van der Waals surface area contributed by atoms with Crippen LogP contribution in [-0.4, -0.2) is 14.6 Å². The topological polar surface area (TPSA) is 54.0 Å². The zero-order chi connectivity index (χ0) is 17.5. The summed E-state index contributed by atoms with van der Waals surface area (Å²) in [5.74, 6) is -1.05. The Balaban J connectivity index is 2.06. The van der Waals surface area contributed by atoms with Crippen LogP contribution < -0.4 is 0 Å². The molecule has 7 heteroatoms. The predicted molar refractivity (Wildman–Crippen MR) is 82.1 cm³/mol. The van der Waals surface area contributed by atoms with Crippen LogP contribution in [0.2, 0.25) is 0 Å². The molecule has 122 valence electrons. The van der Waals surface area contributed by atoms with E-state index in [9.17, 15) is 13.2 Å². The molecule has 4 nitrogen and oxygen atoms in total. The summed E-state index contributed by atoms with van der Waals surface area (Å²) in [7, 11) is 0. The Kier molecular flexibility index (Phi) is 3.56. The molecule has 0 aliphatic rings. The van der Waals surface area contributed by atoms with Crippen LogP contribution in [0, 0.1) is 11.3 Å². The predicted octanol–water partition coefficient (Wildman–Crippen LogP) is 4.22. The van der Waals surface area contributed by atoms with Gasteiger partial charge in [-0.25, -0.2) is 0 Å². The Morgan fingerprint density at radius 3 is 2.17 bits per heavy atom. The molecule has 3 rings (SSSR count). The maximum atomic E-state index is 13.0. The summed E-state index contributed by atoms with van der Waals surface area (Å²) in [4.78, 5) is 0. The van der Waals surface area contributed by atoms with Gasteiger partial charge in [0.1, 0.15) is 0 Å². The lowest BCUT2D eigenvalue weighted by Gasteiger charge is -2.16. The lowest BCUT2D eigenvalue weighted by Crippen LogP contribution is -2.13. The summed E-state index contributed by atoms with van der Waals surface area (Å²) in [5.41, 5.74) is 1.70. The van der Waals surface area contributed by atoms with Gasteiger partial charge in [-0.1, -0.05) is 24.3 Å². The third-order valence-corrected chi connectivity index (χ3v) is 3.88.